The quantitative estimate of drug-likeness (QED) is 0.477. The Balaban J connectivity index is 2.07. The van der Waals surface area contributed by atoms with Crippen molar-refractivity contribution in [3.05, 3.63) is 23.8 Å². The van der Waals surface area contributed by atoms with E-state index in [1.807, 2.05) is 0 Å². The van der Waals surface area contributed by atoms with Gasteiger partial charge < -0.3 is 0 Å². The van der Waals surface area contributed by atoms with E-state index in [2.05, 4.69) is 32.1 Å². The molecule has 0 aliphatic heterocycles. The van der Waals surface area contributed by atoms with Crippen molar-refractivity contribution in [3.8, 4) is 0 Å². The zero-order valence-electron chi connectivity index (χ0n) is 7.88. The monoisotopic (exact) mass is 160 g/mol. The topological polar surface area (TPSA) is 0 Å². The van der Waals surface area contributed by atoms with Gasteiger partial charge in [-0.05, 0) is 42.9 Å². The van der Waals surface area contributed by atoms with E-state index in [1.54, 1.807) is 5.57 Å². The van der Waals surface area contributed by atoms with Crippen molar-refractivity contribution in [3.63, 3.8) is 0 Å². The summed E-state index contributed by atoms with van der Waals surface area (Å²) in [5.41, 5.74) is 2.22. The van der Waals surface area contributed by atoms with E-state index in [1.165, 1.54) is 12.8 Å². The number of hydrogen-bond donors (Lipinski definition) is 0. The Morgan fingerprint density at radius 3 is 3.08 bits per heavy atom. The molecule has 0 heterocycles. The van der Waals surface area contributed by atoms with Crippen molar-refractivity contribution in [2.75, 3.05) is 0 Å². The average molecular weight is 160 g/mol. The Morgan fingerprint density at radius 1 is 1.50 bits per heavy atom. The maximum atomic E-state index is 2.48. The summed E-state index contributed by atoms with van der Waals surface area (Å²) in [7, 11) is 0. The van der Waals surface area contributed by atoms with Gasteiger partial charge in [-0.15, -0.1) is 0 Å². The van der Waals surface area contributed by atoms with Crippen LogP contribution < -0.4 is 0 Å². The second kappa shape index (κ2) is 1.86. The lowest BCUT2D eigenvalue weighted by Crippen LogP contribution is -2.22. The van der Waals surface area contributed by atoms with Crippen LogP contribution in [0.15, 0.2) is 23.8 Å². The second-order valence-electron chi connectivity index (χ2n) is 5.05. The SMILES string of the molecule is CC1=CCC2C1C1C=CC2(C)C1. The summed E-state index contributed by atoms with van der Waals surface area (Å²) in [5.74, 6) is 2.76. The number of fused-ring (bicyclic) bond motifs is 5. The highest BCUT2D eigenvalue weighted by Gasteiger charge is 2.53. The van der Waals surface area contributed by atoms with E-state index < -0.39 is 0 Å². The molecule has 0 N–H and O–H groups in total. The van der Waals surface area contributed by atoms with E-state index >= 15 is 0 Å². The summed E-state index contributed by atoms with van der Waals surface area (Å²) in [5, 5.41) is 0. The Bertz CT molecular complexity index is 284. The van der Waals surface area contributed by atoms with Crippen LogP contribution in [0.5, 0.6) is 0 Å². The van der Waals surface area contributed by atoms with Crippen LogP contribution in [0, 0.1) is 23.2 Å². The molecular formula is C12H16. The minimum Gasteiger partial charge on any atom is -0.0850 e. The Kier molecular flexibility index (Phi) is 1.08. The van der Waals surface area contributed by atoms with Crippen LogP contribution in [0.3, 0.4) is 0 Å². The van der Waals surface area contributed by atoms with Gasteiger partial charge in [-0.25, -0.2) is 0 Å². The van der Waals surface area contributed by atoms with Crippen molar-refractivity contribution < 1.29 is 0 Å². The minimum absolute atomic E-state index is 0.559. The fraction of sp³-hybridized carbons (Fsp3) is 0.667. The average Bonchev–Trinajstić information content (AvgIpc) is 2.61. The normalized spacial score (nSPS) is 54.5. The molecule has 3 aliphatic rings. The minimum atomic E-state index is 0.559. The molecule has 3 aliphatic carbocycles. The maximum Gasteiger partial charge on any atom is -0.0103 e. The Labute approximate surface area is 74.4 Å². The summed E-state index contributed by atoms with van der Waals surface area (Å²) in [6.07, 6.45) is 10.2. The molecule has 0 aromatic carbocycles. The van der Waals surface area contributed by atoms with E-state index in [0.29, 0.717) is 5.41 Å². The summed E-state index contributed by atoms with van der Waals surface area (Å²) >= 11 is 0. The van der Waals surface area contributed by atoms with E-state index in [4.69, 9.17) is 0 Å². The Morgan fingerprint density at radius 2 is 2.33 bits per heavy atom. The highest BCUT2D eigenvalue weighted by Crippen LogP contribution is 2.61. The second-order valence-corrected chi connectivity index (χ2v) is 5.05. The molecule has 0 saturated heterocycles. The van der Waals surface area contributed by atoms with Crippen LogP contribution in [-0.4, -0.2) is 0 Å². The molecule has 4 unspecified atom stereocenters. The maximum absolute atomic E-state index is 2.48. The first-order valence-electron chi connectivity index (χ1n) is 5.07. The van der Waals surface area contributed by atoms with Gasteiger partial charge in [0.1, 0.15) is 0 Å². The summed E-state index contributed by atoms with van der Waals surface area (Å²) in [4.78, 5) is 0. The van der Waals surface area contributed by atoms with E-state index in [-0.39, 0.29) is 0 Å². The van der Waals surface area contributed by atoms with Crippen molar-refractivity contribution in [1.82, 2.24) is 0 Å². The molecule has 3 rings (SSSR count). The zero-order chi connectivity index (χ0) is 8.34. The van der Waals surface area contributed by atoms with Crippen LogP contribution in [-0.2, 0) is 0 Å². The van der Waals surface area contributed by atoms with Gasteiger partial charge in [0.15, 0.2) is 0 Å². The van der Waals surface area contributed by atoms with Gasteiger partial charge >= 0.3 is 0 Å². The molecule has 0 aromatic heterocycles. The summed E-state index contributed by atoms with van der Waals surface area (Å²) in [6, 6.07) is 0. The molecule has 0 heteroatoms. The fourth-order valence-electron chi connectivity index (χ4n) is 3.74. The summed E-state index contributed by atoms with van der Waals surface area (Å²) in [6.45, 7) is 4.77. The molecular weight excluding hydrogens is 144 g/mol. The molecule has 1 saturated carbocycles. The third-order valence-electron chi connectivity index (χ3n) is 4.36. The van der Waals surface area contributed by atoms with Crippen LogP contribution in [0.25, 0.3) is 0 Å². The molecule has 0 amide bonds. The number of allylic oxidation sites excluding steroid dienone is 4. The predicted octanol–water partition coefficient (Wildman–Crippen LogP) is 3.16. The van der Waals surface area contributed by atoms with Gasteiger partial charge in [0, 0.05) is 0 Å². The van der Waals surface area contributed by atoms with E-state index in [0.717, 1.165) is 17.8 Å². The molecule has 0 spiro atoms. The highest BCUT2D eigenvalue weighted by atomic mass is 14.6. The van der Waals surface area contributed by atoms with Gasteiger partial charge in [0.2, 0.25) is 0 Å². The lowest BCUT2D eigenvalue weighted by molar-refractivity contribution is 0.283. The zero-order valence-corrected chi connectivity index (χ0v) is 7.88. The lowest BCUT2D eigenvalue weighted by atomic mass is 9.75. The molecule has 2 bridgehead atoms. The fourth-order valence-corrected chi connectivity index (χ4v) is 3.74. The highest BCUT2D eigenvalue weighted by molar-refractivity contribution is 5.30. The first-order valence-corrected chi connectivity index (χ1v) is 5.07. The standard InChI is InChI=1S/C12H16/c1-8-3-4-10-11(8)9-5-6-12(10,2)7-9/h3,5-6,9-11H,4,7H2,1-2H3. The first kappa shape index (κ1) is 6.94. The molecule has 64 valence electrons. The molecule has 12 heavy (non-hydrogen) atoms. The molecule has 0 aromatic rings. The van der Waals surface area contributed by atoms with Crippen LogP contribution in [0.2, 0.25) is 0 Å². The largest absolute Gasteiger partial charge is 0.0850 e. The van der Waals surface area contributed by atoms with Gasteiger partial charge in [-0.2, -0.15) is 0 Å². The van der Waals surface area contributed by atoms with Crippen LogP contribution in [0.1, 0.15) is 26.7 Å². The number of rotatable bonds is 0. The molecule has 0 nitrogen and oxygen atoms in total. The predicted molar refractivity (Wildman–Crippen MR) is 50.7 cm³/mol. The third kappa shape index (κ3) is 0.608. The van der Waals surface area contributed by atoms with E-state index in [9.17, 15) is 0 Å². The lowest BCUT2D eigenvalue weighted by Gasteiger charge is -2.29. The van der Waals surface area contributed by atoms with Crippen LogP contribution in [0.4, 0.5) is 0 Å². The van der Waals surface area contributed by atoms with Crippen LogP contribution >= 0.6 is 0 Å². The van der Waals surface area contributed by atoms with Gasteiger partial charge in [-0.3, -0.25) is 0 Å². The molecule has 4 atom stereocenters. The smallest absolute Gasteiger partial charge is 0.0103 e. The van der Waals surface area contributed by atoms with Crippen molar-refractivity contribution in [2.24, 2.45) is 23.2 Å². The van der Waals surface area contributed by atoms with Crippen molar-refractivity contribution in [2.45, 2.75) is 26.7 Å². The van der Waals surface area contributed by atoms with Crippen molar-refractivity contribution in [1.29, 1.82) is 0 Å². The van der Waals surface area contributed by atoms with Gasteiger partial charge in [0.05, 0.1) is 0 Å². The first-order chi connectivity index (χ1) is 5.71. The van der Waals surface area contributed by atoms with Gasteiger partial charge in [0.25, 0.3) is 0 Å². The molecule has 0 radical (unpaired) electrons. The Hall–Kier alpha value is -0.520. The third-order valence-corrected chi connectivity index (χ3v) is 4.36. The van der Waals surface area contributed by atoms with Crippen molar-refractivity contribution >= 4 is 0 Å². The van der Waals surface area contributed by atoms with Gasteiger partial charge in [-0.1, -0.05) is 30.7 Å². The number of hydrogen-bond acceptors (Lipinski definition) is 0. The molecule has 1 fully saturated rings. The summed E-state index contributed by atoms with van der Waals surface area (Å²) < 4.78 is 0.